The van der Waals surface area contributed by atoms with Crippen LogP contribution in [-0.2, 0) is 4.79 Å². The molecule has 0 bridgehead atoms. The molecule has 3 aromatic carbocycles. The summed E-state index contributed by atoms with van der Waals surface area (Å²) in [6.45, 7) is 5.53. The molecule has 0 saturated carbocycles. The Morgan fingerprint density at radius 2 is 1.43 bits per heavy atom. The molecule has 0 aliphatic heterocycles. The van der Waals surface area contributed by atoms with E-state index in [0.717, 1.165) is 21.4 Å². The van der Waals surface area contributed by atoms with Gasteiger partial charge in [-0.25, -0.2) is 4.68 Å². The van der Waals surface area contributed by atoms with Crippen LogP contribution in [0, 0.1) is 13.8 Å². The van der Waals surface area contributed by atoms with Crippen molar-refractivity contribution in [1.82, 2.24) is 9.78 Å². The maximum absolute atomic E-state index is 13.3. The van der Waals surface area contributed by atoms with E-state index in [1.54, 1.807) is 49.4 Å². The normalized spacial score (nSPS) is 11.5. The van der Waals surface area contributed by atoms with E-state index in [-0.39, 0.29) is 5.69 Å². The Morgan fingerprint density at radius 1 is 0.829 bits per heavy atom. The second-order valence-corrected chi connectivity index (χ2v) is 8.41. The van der Waals surface area contributed by atoms with E-state index in [2.05, 4.69) is 15.7 Å². The van der Waals surface area contributed by atoms with Crippen LogP contribution in [0.25, 0.3) is 11.3 Å². The smallest absolute Gasteiger partial charge is 0.291 e. The Labute approximate surface area is 203 Å². The van der Waals surface area contributed by atoms with Gasteiger partial charge in [0, 0.05) is 16.8 Å². The fourth-order valence-electron chi connectivity index (χ4n) is 3.51. The van der Waals surface area contributed by atoms with Crippen molar-refractivity contribution >= 4 is 23.2 Å². The summed E-state index contributed by atoms with van der Waals surface area (Å²) < 4.78 is 1.11. The molecule has 0 aliphatic carbocycles. The van der Waals surface area contributed by atoms with Gasteiger partial charge in [-0.1, -0.05) is 65.7 Å². The molecule has 1 heterocycles. The topological polar surface area (TPSA) is 93.1 Å². The predicted octanol–water partition coefficient (Wildman–Crippen LogP) is 4.98. The van der Waals surface area contributed by atoms with Crippen molar-refractivity contribution in [3.63, 3.8) is 0 Å². The monoisotopic (exact) mass is 466 g/mol. The average molecular weight is 467 g/mol. The first kappa shape index (κ1) is 23.6. The Bertz CT molecular complexity index is 1410. The highest BCUT2D eigenvalue weighted by molar-refractivity contribution is 6.04. The van der Waals surface area contributed by atoms with E-state index in [4.69, 9.17) is 0 Å². The summed E-state index contributed by atoms with van der Waals surface area (Å²) in [6.07, 6.45) is 0. The van der Waals surface area contributed by atoms with Gasteiger partial charge >= 0.3 is 0 Å². The molecule has 1 aromatic heterocycles. The fourth-order valence-corrected chi connectivity index (χ4v) is 3.51. The van der Waals surface area contributed by atoms with Crippen LogP contribution < -0.4 is 16.2 Å². The van der Waals surface area contributed by atoms with E-state index >= 15 is 0 Å². The first-order chi connectivity index (χ1) is 16.8. The van der Waals surface area contributed by atoms with Crippen molar-refractivity contribution in [3.8, 4) is 11.3 Å². The lowest BCUT2D eigenvalue weighted by Gasteiger charge is -2.17. The molecule has 1 atom stereocenters. The lowest BCUT2D eigenvalue weighted by molar-refractivity contribution is -0.119. The summed E-state index contributed by atoms with van der Waals surface area (Å²) in [7, 11) is 0. The first-order valence-electron chi connectivity index (χ1n) is 11.3. The molecule has 176 valence electrons. The molecular formula is C28H26N4O3. The van der Waals surface area contributed by atoms with Gasteiger partial charge in [-0.2, -0.15) is 5.10 Å². The van der Waals surface area contributed by atoms with E-state index in [1.165, 1.54) is 6.07 Å². The number of aryl methyl sites for hydroxylation is 2. The van der Waals surface area contributed by atoms with Gasteiger partial charge in [-0.15, -0.1) is 0 Å². The number of aromatic nitrogens is 2. The Morgan fingerprint density at radius 3 is 2.06 bits per heavy atom. The molecule has 7 heteroatoms. The molecule has 0 radical (unpaired) electrons. The number of rotatable bonds is 6. The minimum atomic E-state index is -0.929. The van der Waals surface area contributed by atoms with Gasteiger partial charge < -0.3 is 10.6 Å². The molecule has 35 heavy (non-hydrogen) atoms. The number of hydrogen-bond donors (Lipinski definition) is 2. The molecule has 4 aromatic rings. The number of nitrogens with zero attached hydrogens (tertiary/aromatic N) is 2. The summed E-state index contributed by atoms with van der Waals surface area (Å²) in [4.78, 5) is 39.1. The number of amides is 2. The summed E-state index contributed by atoms with van der Waals surface area (Å²) in [5.41, 5.74) is 3.86. The van der Waals surface area contributed by atoms with Crippen LogP contribution in [0.3, 0.4) is 0 Å². The lowest BCUT2D eigenvalue weighted by Crippen LogP contribution is -2.35. The Balaban J connectivity index is 1.72. The zero-order chi connectivity index (χ0) is 24.9. The molecule has 2 amide bonds. The Kier molecular flexibility index (Phi) is 6.87. The minimum Gasteiger partial charge on any atom is -0.324 e. The number of carbonyl (C=O) groups is 2. The third-order valence-electron chi connectivity index (χ3n) is 5.63. The van der Waals surface area contributed by atoms with Gasteiger partial charge in [0.2, 0.25) is 5.91 Å². The molecule has 4 rings (SSSR count). The molecule has 0 spiro atoms. The average Bonchev–Trinajstić information content (AvgIpc) is 2.87. The summed E-state index contributed by atoms with van der Waals surface area (Å²) >= 11 is 0. The highest BCUT2D eigenvalue weighted by Gasteiger charge is 2.22. The van der Waals surface area contributed by atoms with Crippen LogP contribution in [0.2, 0.25) is 0 Å². The van der Waals surface area contributed by atoms with E-state index < -0.39 is 23.4 Å². The number of carbonyl (C=O) groups excluding carboxylic acids is 2. The highest BCUT2D eigenvalue weighted by Crippen LogP contribution is 2.21. The minimum absolute atomic E-state index is 0.0411. The molecule has 0 saturated heterocycles. The maximum Gasteiger partial charge on any atom is 0.291 e. The zero-order valence-electron chi connectivity index (χ0n) is 19.8. The summed E-state index contributed by atoms with van der Waals surface area (Å²) in [5, 5.41) is 10.00. The van der Waals surface area contributed by atoms with Crippen LogP contribution in [0.4, 0.5) is 11.4 Å². The van der Waals surface area contributed by atoms with Gasteiger partial charge in [0.1, 0.15) is 11.7 Å². The molecule has 2 N–H and O–H groups in total. The van der Waals surface area contributed by atoms with Gasteiger partial charge in [0.25, 0.3) is 11.5 Å². The maximum atomic E-state index is 13.3. The number of anilines is 2. The number of benzene rings is 3. The SMILES string of the molecule is Cc1ccc(NC(=O)[C@H](C)n2nc(-c3ccc(C)cc3)cc(NC(=O)c3ccccc3)c2=O)cc1. The van der Waals surface area contributed by atoms with Crippen LogP contribution in [0.5, 0.6) is 0 Å². The van der Waals surface area contributed by atoms with E-state index in [9.17, 15) is 14.4 Å². The standard InChI is InChI=1S/C28H26N4O3/c1-18-9-13-21(14-10-18)24-17-25(30-27(34)22-7-5-4-6-8-22)28(35)32(31-24)20(3)26(33)29-23-15-11-19(2)12-16-23/h4-17,20H,1-3H3,(H,29,33)(H,30,34)/t20-/m0/s1. The first-order valence-corrected chi connectivity index (χ1v) is 11.3. The van der Waals surface area contributed by atoms with Crippen LogP contribution >= 0.6 is 0 Å². The molecule has 0 unspecified atom stereocenters. The largest absolute Gasteiger partial charge is 0.324 e. The van der Waals surface area contributed by atoms with Crippen molar-refractivity contribution in [2.75, 3.05) is 10.6 Å². The fraction of sp³-hybridized carbons (Fsp3) is 0.143. The third kappa shape index (κ3) is 5.52. The van der Waals surface area contributed by atoms with Crippen LogP contribution in [0.1, 0.15) is 34.5 Å². The zero-order valence-corrected chi connectivity index (χ0v) is 19.8. The van der Waals surface area contributed by atoms with E-state index in [0.29, 0.717) is 16.9 Å². The Hall–Kier alpha value is -4.52. The van der Waals surface area contributed by atoms with Crippen LogP contribution in [-0.4, -0.2) is 21.6 Å². The van der Waals surface area contributed by atoms with E-state index in [1.807, 2.05) is 50.2 Å². The predicted molar refractivity (Wildman–Crippen MR) is 138 cm³/mol. The molecular weight excluding hydrogens is 440 g/mol. The van der Waals surface area contributed by atoms with Crippen LogP contribution in [0.15, 0.2) is 89.7 Å². The third-order valence-corrected chi connectivity index (χ3v) is 5.63. The molecule has 7 nitrogen and oxygen atoms in total. The van der Waals surface area contributed by atoms with Gasteiger partial charge in [-0.05, 0) is 51.1 Å². The number of nitrogens with one attached hydrogen (secondary N) is 2. The second-order valence-electron chi connectivity index (χ2n) is 8.41. The summed E-state index contributed by atoms with van der Waals surface area (Å²) in [6, 6.07) is 24.2. The van der Waals surface area contributed by atoms with Gasteiger partial charge in [-0.3, -0.25) is 14.4 Å². The van der Waals surface area contributed by atoms with Gasteiger partial charge in [0.05, 0.1) is 5.69 Å². The van der Waals surface area contributed by atoms with Crippen molar-refractivity contribution in [1.29, 1.82) is 0 Å². The summed E-state index contributed by atoms with van der Waals surface area (Å²) in [5.74, 6) is -0.822. The quantitative estimate of drug-likeness (QED) is 0.419. The van der Waals surface area contributed by atoms with Gasteiger partial charge in [0.15, 0.2) is 0 Å². The number of hydrogen-bond acceptors (Lipinski definition) is 4. The molecule has 0 aliphatic rings. The lowest BCUT2D eigenvalue weighted by atomic mass is 10.1. The van der Waals surface area contributed by atoms with Crippen molar-refractivity contribution in [2.45, 2.75) is 26.8 Å². The van der Waals surface area contributed by atoms with Crippen molar-refractivity contribution in [3.05, 3.63) is 112 Å². The van der Waals surface area contributed by atoms with Crippen molar-refractivity contribution in [2.24, 2.45) is 0 Å². The molecule has 0 fully saturated rings. The highest BCUT2D eigenvalue weighted by atomic mass is 16.2. The van der Waals surface area contributed by atoms with Crippen molar-refractivity contribution < 1.29 is 9.59 Å². The second kappa shape index (κ2) is 10.2.